The van der Waals surface area contributed by atoms with Gasteiger partial charge in [-0.05, 0) is 20.3 Å². The van der Waals surface area contributed by atoms with Crippen molar-refractivity contribution in [3.8, 4) is 0 Å². The summed E-state index contributed by atoms with van der Waals surface area (Å²) in [6.45, 7) is 6.64. The maximum absolute atomic E-state index is 5.30. The molecule has 0 amide bonds. The van der Waals surface area contributed by atoms with E-state index in [9.17, 15) is 0 Å². The maximum Gasteiger partial charge on any atom is 0.143 e. The fourth-order valence-electron chi connectivity index (χ4n) is 1.50. The van der Waals surface area contributed by atoms with Gasteiger partial charge in [0.15, 0.2) is 0 Å². The molecular formula is C10H18BrN3O. The Morgan fingerprint density at radius 2 is 2.00 bits per heavy atom. The Kier molecular flexibility index (Phi) is 5.86. The second kappa shape index (κ2) is 6.95. The van der Waals surface area contributed by atoms with Crippen LogP contribution in [0.3, 0.4) is 0 Å². The highest BCUT2D eigenvalue weighted by atomic mass is 79.9. The van der Waals surface area contributed by atoms with Crippen molar-refractivity contribution >= 4 is 15.9 Å². The fourth-order valence-corrected chi connectivity index (χ4v) is 1.91. The van der Waals surface area contributed by atoms with E-state index in [1.54, 1.807) is 0 Å². The lowest BCUT2D eigenvalue weighted by Crippen LogP contribution is -2.06. The molecule has 0 aliphatic rings. The number of aromatic nitrogens is 3. The molecule has 1 rings (SSSR count). The van der Waals surface area contributed by atoms with Gasteiger partial charge in [0, 0.05) is 26.2 Å². The van der Waals surface area contributed by atoms with E-state index < -0.39 is 0 Å². The quantitative estimate of drug-likeness (QED) is 0.566. The normalized spacial score (nSPS) is 10.9. The second-order valence-corrected chi connectivity index (χ2v) is 3.77. The summed E-state index contributed by atoms with van der Waals surface area (Å²) in [6, 6.07) is 0. The Labute approximate surface area is 99.2 Å². The van der Waals surface area contributed by atoms with Crippen LogP contribution in [0.5, 0.6) is 0 Å². The number of nitrogens with zero attached hydrogens (tertiary/aromatic N) is 3. The molecule has 0 fully saturated rings. The molecule has 15 heavy (non-hydrogen) atoms. The van der Waals surface area contributed by atoms with Crippen molar-refractivity contribution in [1.82, 2.24) is 14.8 Å². The first-order valence-corrected chi connectivity index (χ1v) is 6.50. The van der Waals surface area contributed by atoms with Crippen LogP contribution in [0, 0.1) is 0 Å². The summed E-state index contributed by atoms with van der Waals surface area (Å²) in [5, 5.41) is 9.08. The number of alkyl halides is 1. The molecule has 0 spiro atoms. The van der Waals surface area contributed by atoms with Gasteiger partial charge in [0.05, 0.1) is 5.33 Å². The van der Waals surface area contributed by atoms with Gasteiger partial charge in [0.25, 0.3) is 0 Å². The Balaban J connectivity index is 2.49. The highest BCUT2D eigenvalue weighted by molar-refractivity contribution is 9.08. The summed E-state index contributed by atoms with van der Waals surface area (Å²) in [7, 11) is 0. The zero-order valence-corrected chi connectivity index (χ0v) is 11.0. The van der Waals surface area contributed by atoms with E-state index >= 15 is 0 Å². The fraction of sp³-hybridized carbons (Fsp3) is 0.800. The van der Waals surface area contributed by atoms with Crippen molar-refractivity contribution < 1.29 is 4.74 Å². The summed E-state index contributed by atoms with van der Waals surface area (Å²) < 4.78 is 7.45. The molecule has 0 saturated carbocycles. The predicted molar refractivity (Wildman–Crippen MR) is 63.1 cm³/mol. The van der Waals surface area contributed by atoms with Gasteiger partial charge in [0.2, 0.25) is 0 Å². The van der Waals surface area contributed by atoms with E-state index in [1.165, 1.54) is 0 Å². The maximum atomic E-state index is 5.30. The van der Waals surface area contributed by atoms with Gasteiger partial charge in [-0.2, -0.15) is 0 Å². The van der Waals surface area contributed by atoms with E-state index in [1.807, 2.05) is 6.92 Å². The summed E-state index contributed by atoms with van der Waals surface area (Å²) in [6.07, 6.45) is 1.95. The predicted octanol–water partition coefficient (Wildman–Crippen LogP) is 2.16. The minimum absolute atomic E-state index is 0.763. The number of rotatable bonds is 7. The van der Waals surface area contributed by atoms with E-state index in [-0.39, 0.29) is 0 Å². The molecule has 0 saturated heterocycles. The zero-order chi connectivity index (χ0) is 11.1. The molecule has 5 heteroatoms. The molecule has 1 heterocycles. The Morgan fingerprint density at radius 1 is 1.27 bits per heavy atom. The number of hydrogen-bond donors (Lipinski definition) is 0. The second-order valence-electron chi connectivity index (χ2n) is 3.21. The average molecular weight is 276 g/mol. The lowest BCUT2D eigenvalue weighted by atomic mass is 10.3. The van der Waals surface area contributed by atoms with Crippen LogP contribution in [-0.4, -0.2) is 28.0 Å². The van der Waals surface area contributed by atoms with Crippen molar-refractivity contribution in [2.24, 2.45) is 0 Å². The van der Waals surface area contributed by atoms with Crippen LogP contribution in [0.1, 0.15) is 31.9 Å². The summed E-state index contributed by atoms with van der Waals surface area (Å²) in [5.74, 6) is 2.07. The third-order valence-electron chi connectivity index (χ3n) is 2.23. The number of halogens is 1. The van der Waals surface area contributed by atoms with Crippen LogP contribution in [0.15, 0.2) is 0 Å². The largest absolute Gasteiger partial charge is 0.382 e. The molecule has 1 aromatic rings. The van der Waals surface area contributed by atoms with Gasteiger partial charge in [-0.15, -0.1) is 10.2 Å². The first-order valence-electron chi connectivity index (χ1n) is 5.38. The zero-order valence-electron chi connectivity index (χ0n) is 9.37. The van der Waals surface area contributed by atoms with Crippen molar-refractivity contribution in [3.05, 3.63) is 11.6 Å². The van der Waals surface area contributed by atoms with Crippen molar-refractivity contribution in [3.63, 3.8) is 0 Å². The molecule has 0 bridgehead atoms. The molecular weight excluding hydrogens is 258 g/mol. The van der Waals surface area contributed by atoms with E-state index in [4.69, 9.17) is 4.74 Å². The first-order chi connectivity index (χ1) is 7.33. The lowest BCUT2D eigenvalue weighted by molar-refractivity contribution is 0.144. The molecule has 0 radical (unpaired) electrons. The first kappa shape index (κ1) is 12.6. The van der Waals surface area contributed by atoms with Gasteiger partial charge in [-0.3, -0.25) is 0 Å². The number of hydrogen-bond acceptors (Lipinski definition) is 3. The third kappa shape index (κ3) is 3.57. The van der Waals surface area contributed by atoms with Crippen LogP contribution in [-0.2, 0) is 23.0 Å². The minimum Gasteiger partial charge on any atom is -0.382 e. The van der Waals surface area contributed by atoms with Crippen LogP contribution in [0.2, 0.25) is 0 Å². The summed E-state index contributed by atoms with van der Waals surface area (Å²) in [5.41, 5.74) is 0. The molecule has 1 aromatic heterocycles. The van der Waals surface area contributed by atoms with Crippen LogP contribution in [0.4, 0.5) is 0 Å². The highest BCUT2D eigenvalue weighted by Gasteiger charge is 2.08. The molecule has 0 atom stereocenters. The molecule has 0 aliphatic carbocycles. The minimum atomic E-state index is 0.763. The van der Waals surface area contributed by atoms with Crippen molar-refractivity contribution in [2.45, 2.75) is 38.6 Å². The highest BCUT2D eigenvalue weighted by Crippen LogP contribution is 2.08. The van der Waals surface area contributed by atoms with Crippen molar-refractivity contribution in [1.29, 1.82) is 0 Å². The van der Waals surface area contributed by atoms with E-state index in [0.29, 0.717) is 0 Å². The smallest absolute Gasteiger partial charge is 0.143 e. The molecule has 0 aliphatic heterocycles. The third-order valence-corrected chi connectivity index (χ3v) is 2.73. The topological polar surface area (TPSA) is 39.9 Å². The number of aryl methyl sites for hydroxylation is 1. The molecule has 4 nitrogen and oxygen atoms in total. The van der Waals surface area contributed by atoms with Gasteiger partial charge >= 0.3 is 0 Å². The van der Waals surface area contributed by atoms with Gasteiger partial charge in [0.1, 0.15) is 11.6 Å². The number of ether oxygens (including phenoxy) is 1. The Bertz CT molecular complexity index is 288. The van der Waals surface area contributed by atoms with Gasteiger partial charge in [-0.25, -0.2) is 0 Å². The van der Waals surface area contributed by atoms with Gasteiger partial charge in [-0.1, -0.05) is 15.9 Å². The standard InChI is InChI=1S/C10H18BrN3O/c1-3-14-9(6-5-7-15-4-2)12-13-10(14)8-11/h3-8H2,1-2H3. The summed E-state index contributed by atoms with van der Waals surface area (Å²) >= 11 is 3.41. The van der Waals surface area contributed by atoms with Crippen LogP contribution < -0.4 is 0 Å². The SMILES string of the molecule is CCOCCCc1nnc(CBr)n1CC. The molecule has 0 aromatic carbocycles. The van der Waals surface area contributed by atoms with Gasteiger partial charge < -0.3 is 9.30 Å². The molecule has 0 N–H and O–H groups in total. The monoisotopic (exact) mass is 275 g/mol. The van der Waals surface area contributed by atoms with E-state index in [0.717, 1.165) is 49.6 Å². The van der Waals surface area contributed by atoms with Crippen LogP contribution >= 0.6 is 15.9 Å². The Hall–Kier alpha value is -0.420. The average Bonchev–Trinajstić information content (AvgIpc) is 2.66. The molecule has 0 unspecified atom stereocenters. The summed E-state index contributed by atoms with van der Waals surface area (Å²) in [4.78, 5) is 0. The van der Waals surface area contributed by atoms with Crippen LogP contribution in [0.25, 0.3) is 0 Å². The Morgan fingerprint density at radius 3 is 2.60 bits per heavy atom. The molecule has 86 valence electrons. The van der Waals surface area contributed by atoms with Crippen molar-refractivity contribution in [2.75, 3.05) is 13.2 Å². The van der Waals surface area contributed by atoms with E-state index in [2.05, 4.69) is 37.6 Å². The lowest BCUT2D eigenvalue weighted by Gasteiger charge is -2.05.